The highest BCUT2D eigenvalue weighted by Crippen LogP contribution is 2.43. The van der Waals surface area contributed by atoms with E-state index in [0.29, 0.717) is 11.5 Å². The Kier molecular flexibility index (Phi) is 5.63. The number of carbonyl (C=O) groups excluding carboxylic acids is 1. The molecule has 146 valence electrons. The highest BCUT2D eigenvalue weighted by Gasteiger charge is 2.43. The van der Waals surface area contributed by atoms with Crippen LogP contribution in [0.2, 0.25) is 0 Å². The minimum Gasteiger partial charge on any atom is -0.356 e. The Hall–Kier alpha value is -2.39. The van der Waals surface area contributed by atoms with Crippen molar-refractivity contribution in [3.8, 4) is 6.07 Å². The van der Waals surface area contributed by atoms with E-state index in [2.05, 4.69) is 38.8 Å². The molecule has 6 heteroatoms. The molecular formula is C22H26N4OS. The molecule has 1 saturated heterocycles. The first-order valence-electron chi connectivity index (χ1n) is 10.2. The van der Waals surface area contributed by atoms with Crippen LogP contribution in [-0.4, -0.2) is 30.5 Å². The average molecular weight is 395 g/mol. The molecule has 0 unspecified atom stereocenters. The zero-order valence-corrected chi connectivity index (χ0v) is 16.9. The molecule has 0 atom stereocenters. The quantitative estimate of drug-likeness (QED) is 0.836. The van der Waals surface area contributed by atoms with Gasteiger partial charge in [-0.2, -0.15) is 5.26 Å². The first-order chi connectivity index (χ1) is 13.7. The predicted molar refractivity (Wildman–Crippen MR) is 111 cm³/mol. The van der Waals surface area contributed by atoms with Crippen LogP contribution in [0.4, 0.5) is 5.82 Å². The number of nitrogens with one attached hydrogen (secondary N) is 1. The second kappa shape index (κ2) is 8.32. The summed E-state index contributed by atoms with van der Waals surface area (Å²) >= 11 is 1.71. The van der Waals surface area contributed by atoms with Gasteiger partial charge in [0.05, 0.1) is 11.0 Å². The Morgan fingerprint density at radius 1 is 1.29 bits per heavy atom. The van der Waals surface area contributed by atoms with Crippen molar-refractivity contribution in [2.45, 2.75) is 43.9 Å². The zero-order chi connectivity index (χ0) is 19.4. The third-order valence-corrected chi connectivity index (χ3v) is 7.33. The number of carbonyl (C=O) groups is 1. The van der Waals surface area contributed by atoms with Crippen LogP contribution in [0.25, 0.3) is 0 Å². The Labute approximate surface area is 170 Å². The molecule has 2 aromatic rings. The summed E-state index contributed by atoms with van der Waals surface area (Å²) in [5.41, 5.74) is 0.332. The maximum absolute atomic E-state index is 13.1. The second-order valence-corrected chi connectivity index (χ2v) is 8.84. The topological polar surface area (TPSA) is 69.0 Å². The van der Waals surface area contributed by atoms with Crippen molar-refractivity contribution in [3.05, 3.63) is 46.3 Å². The average Bonchev–Trinajstić information content (AvgIpc) is 3.45. The third-order valence-electron chi connectivity index (χ3n) is 6.26. The number of aromatic nitrogens is 1. The molecule has 28 heavy (non-hydrogen) atoms. The van der Waals surface area contributed by atoms with E-state index in [1.807, 2.05) is 6.07 Å². The molecule has 1 amide bonds. The Balaban J connectivity index is 1.33. The van der Waals surface area contributed by atoms with Crippen molar-refractivity contribution in [2.75, 3.05) is 24.5 Å². The fourth-order valence-electron chi connectivity index (χ4n) is 4.61. The molecule has 0 bridgehead atoms. The van der Waals surface area contributed by atoms with Crippen LogP contribution < -0.4 is 10.2 Å². The molecule has 1 N–H and O–H groups in total. The molecule has 4 rings (SSSR count). The van der Waals surface area contributed by atoms with E-state index >= 15 is 0 Å². The number of thiophene rings is 1. The lowest BCUT2D eigenvalue weighted by molar-refractivity contribution is -0.126. The van der Waals surface area contributed by atoms with E-state index in [-0.39, 0.29) is 11.3 Å². The zero-order valence-electron chi connectivity index (χ0n) is 16.1. The largest absolute Gasteiger partial charge is 0.356 e. The number of nitriles is 1. The van der Waals surface area contributed by atoms with Gasteiger partial charge in [0.15, 0.2) is 0 Å². The number of amides is 1. The van der Waals surface area contributed by atoms with Gasteiger partial charge in [0.25, 0.3) is 0 Å². The van der Waals surface area contributed by atoms with Crippen LogP contribution in [0.15, 0.2) is 35.8 Å². The van der Waals surface area contributed by atoms with Gasteiger partial charge in [-0.25, -0.2) is 4.98 Å². The molecule has 3 heterocycles. The number of pyridine rings is 1. The number of anilines is 1. The van der Waals surface area contributed by atoms with Crippen molar-refractivity contribution >= 4 is 23.1 Å². The summed E-state index contributed by atoms with van der Waals surface area (Å²) in [7, 11) is 0. The lowest BCUT2D eigenvalue weighted by atomic mass is 9.83. The van der Waals surface area contributed by atoms with Crippen molar-refractivity contribution in [2.24, 2.45) is 5.92 Å². The van der Waals surface area contributed by atoms with E-state index in [1.165, 1.54) is 4.88 Å². The summed E-state index contributed by atoms with van der Waals surface area (Å²) in [6, 6.07) is 10.0. The summed E-state index contributed by atoms with van der Waals surface area (Å²) < 4.78 is 0. The van der Waals surface area contributed by atoms with E-state index in [1.54, 1.807) is 23.6 Å². The van der Waals surface area contributed by atoms with Crippen molar-refractivity contribution in [1.29, 1.82) is 5.26 Å². The lowest BCUT2D eigenvalue weighted by Gasteiger charge is -2.34. The van der Waals surface area contributed by atoms with Crippen LogP contribution in [0.1, 0.15) is 49.0 Å². The monoisotopic (exact) mass is 394 g/mol. The van der Waals surface area contributed by atoms with Gasteiger partial charge in [0.2, 0.25) is 5.91 Å². The van der Waals surface area contributed by atoms with E-state index in [9.17, 15) is 10.1 Å². The molecule has 2 fully saturated rings. The Morgan fingerprint density at radius 2 is 2.07 bits per heavy atom. The fourth-order valence-corrected chi connectivity index (χ4v) is 5.59. The summed E-state index contributed by atoms with van der Waals surface area (Å²) in [6.45, 7) is 2.50. The summed E-state index contributed by atoms with van der Waals surface area (Å²) in [5, 5.41) is 14.6. The Morgan fingerprint density at radius 3 is 2.75 bits per heavy atom. The minimum absolute atomic E-state index is 0.214. The van der Waals surface area contributed by atoms with Gasteiger partial charge in [0.1, 0.15) is 11.9 Å². The van der Waals surface area contributed by atoms with E-state index < -0.39 is 0 Å². The van der Waals surface area contributed by atoms with Crippen molar-refractivity contribution < 1.29 is 4.79 Å². The molecular weight excluding hydrogens is 368 g/mol. The molecule has 2 aliphatic rings. The van der Waals surface area contributed by atoms with Crippen LogP contribution in [0, 0.1) is 17.2 Å². The molecule has 0 radical (unpaired) electrons. The van der Waals surface area contributed by atoms with Crippen LogP contribution >= 0.6 is 11.3 Å². The summed E-state index contributed by atoms with van der Waals surface area (Å²) in [4.78, 5) is 20.9. The smallest absolute Gasteiger partial charge is 0.231 e. The van der Waals surface area contributed by atoms with Gasteiger partial charge >= 0.3 is 0 Å². The van der Waals surface area contributed by atoms with Gasteiger partial charge in [0, 0.05) is 30.7 Å². The molecule has 0 spiro atoms. The molecule has 1 saturated carbocycles. The van der Waals surface area contributed by atoms with E-state index in [4.69, 9.17) is 0 Å². The van der Waals surface area contributed by atoms with Gasteiger partial charge in [-0.15, -0.1) is 11.3 Å². The number of hydrogen-bond acceptors (Lipinski definition) is 5. The summed E-state index contributed by atoms with van der Waals surface area (Å²) in [5.74, 6) is 1.48. The maximum Gasteiger partial charge on any atom is 0.231 e. The third kappa shape index (κ3) is 3.64. The van der Waals surface area contributed by atoms with Crippen LogP contribution in [0.3, 0.4) is 0 Å². The van der Waals surface area contributed by atoms with Gasteiger partial charge in [-0.3, -0.25) is 4.79 Å². The lowest BCUT2D eigenvalue weighted by Crippen LogP contribution is -2.45. The number of piperidine rings is 1. The number of hydrogen-bond donors (Lipinski definition) is 1. The van der Waals surface area contributed by atoms with Crippen LogP contribution in [0.5, 0.6) is 0 Å². The highest BCUT2D eigenvalue weighted by atomic mass is 32.1. The molecule has 1 aliphatic carbocycles. The molecule has 2 aromatic heterocycles. The van der Waals surface area contributed by atoms with Gasteiger partial charge < -0.3 is 10.2 Å². The molecule has 5 nitrogen and oxygen atoms in total. The minimum atomic E-state index is -0.301. The van der Waals surface area contributed by atoms with E-state index in [0.717, 1.165) is 64.0 Å². The van der Waals surface area contributed by atoms with Crippen LogP contribution in [-0.2, 0) is 10.2 Å². The Bertz CT molecular complexity index is 844. The van der Waals surface area contributed by atoms with Gasteiger partial charge in [-0.1, -0.05) is 18.9 Å². The first kappa shape index (κ1) is 18.9. The molecule has 0 aromatic carbocycles. The second-order valence-electron chi connectivity index (χ2n) is 7.89. The molecule has 1 aliphatic heterocycles. The van der Waals surface area contributed by atoms with Crippen molar-refractivity contribution in [1.82, 2.24) is 10.3 Å². The first-order valence-corrected chi connectivity index (χ1v) is 11.0. The summed E-state index contributed by atoms with van der Waals surface area (Å²) in [6.07, 6.45) is 7.96. The maximum atomic E-state index is 13.1. The SMILES string of the molecule is N#Cc1cccnc1N1CCC(CNC(=O)C2(c3cccs3)CCCC2)CC1. The predicted octanol–water partition coefficient (Wildman–Crippen LogP) is 3.86. The number of rotatable bonds is 5. The number of nitrogens with zero attached hydrogens (tertiary/aromatic N) is 3. The standard InChI is InChI=1S/C22H26N4OS/c23-15-18-5-3-11-24-20(18)26-12-7-17(8-13-26)16-25-21(27)22(9-1-2-10-22)19-6-4-14-28-19/h3-6,11,14,17H,1-2,7-10,12-13,16H2,(H,25,27). The normalized spacial score (nSPS) is 19.3. The van der Waals surface area contributed by atoms with Gasteiger partial charge in [-0.05, 0) is 55.2 Å². The fraction of sp³-hybridized carbons (Fsp3) is 0.500. The van der Waals surface area contributed by atoms with Crippen molar-refractivity contribution in [3.63, 3.8) is 0 Å². The highest BCUT2D eigenvalue weighted by molar-refractivity contribution is 7.10.